The van der Waals surface area contributed by atoms with Crippen molar-refractivity contribution in [1.82, 2.24) is 0 Å². The van der Waals surface area contributed by atoms with Gasteiger partial charge in [-0.1, -0.05) is 95.6 Å². The molecule has 0 aliphatic carbocycles. The van der Waals surface area contributed by atoms with Gasteiger partial charge in [-0.05, 0) is 38.4 Å². The Hall–Kier alpha value is -0.780. The lowest BCUT2D eigenvalue weighted by atomic mass is 10.1. The largest absolute Gasteiger partial charge is 0.466 e. The molecule has 0 aromatic carbocycles. The number of rotatable bonds is 21. The van der Waals surface area contributed by atoms with Gasteiger partial charge < -0.3 is 9.47 Å². The molecule has 0 rings (SSSR count). The van der Waals surface area contributed by atoms with Crippen molar-refractivity contribution in [3.63, 3.8) is 0 Å². The highest BCUT2D eigenvalue weighted by molar-refractivity contribution is 8.47. The summed E-state index contributed by atoms with van der Waals surface area (Å²) >= 11 is 8.51. The highest BCUT2D eigenvalue weighted by Crippen LogP contribution is 2.35. The fraction of sp³-hybridized carbons (Fsp3) is 0.846. The Kier molecular flexibility index (Phi) is 22.1. The van der Waals surface area contributed by atoms with Gasteiger partial charge in [0, 0.05) is 12.8 Å². The predicted octanol–water partition coefficient (Wildman–Crippen LogP) is 8.00. The molecule has 0 radical (unpaired) electrons. The molecule has 196 valence electrons. The van der Waals surface area contributed by atoms with Crippen molar-refractivity contribution >= 4 is 51.2 Å². The number of nitriles is 1. The number of nitrogens with zero attached hydrogens (tertiary/aromatic N) is 1. The van der Waals surface area contributed by atoms with E-state index in [4.69, 9.17) is 21.7 Å². The van der Waals surface area contributed by atoms with Gasteiger partial charge in [-0.3, -0.25) is 9.59 Å². The molecule has 0 heterocycles. The van der Waals surface area contributed by atoms with E-state index in [0.29, 0.717) is 38.9 Å². The fourth-order valence-corrected chi connectivity index (χ4v) is 6.15. The fourth-order valence-electron chi connectivity index (χ4n) is 3.18. The third-order valence-electron chi connectivity index (χ3n) is 5.42. The molecule has 0 aliphatic heterocycles. The zero-order valence-electron chi connectivity index (χ0n) is 21.5. The number of hydrogen-bond donors (Lipinski definition) is 0. The average molecular weight is 532 g/mol. The molecule has 1 unspecified atom stereocenters. The first kappa shape index (κ1) is 33.2. The summed E-state index contributed by atoms with van der Waals surface area (Å²) in [6, 6.07) is 2.31. The van der Waals surface area contributed by atoms with Gasteiger partial charge in [0.05, 0.1) is 19.3 Å². The van der Waals surface area contributed by atoms with Crippen molar-refractivity contribution in [3.05, 3.63) is 0 Å². The van der Waals surface area contributed by atoms with E-state index < -0.39 is 4.75 Å². The molecule has 0 aromatic heterocycles. The van der Waals surface area contributed by atoms with E-state index >= 15 is 0 Å². The molecule has 0 saturated heterocycles. The predicted molar refractivity (Wildman–Crippen MR) is 149 cm³/mol. The minimum absolute atomic E-state index is 0.188. The third-order valence-corrected chi connectivity index (χ3v) is 8.27. The highest BCUT2D eigenvalue weighted by atomic mass is 32.2. The topological polar surface area (TPSA) is 76.4 Å². The lowest BCUT2D eigenvalue weighted by molar-refractivity contribution is -0.146. The van der Waals surface area contributed by atoms with Gasteiger partial charge in [0.15, 0.2) is 0 Å². The van der Waals surface area contributed by atoms with E-state index in [1.54, 1.807) is 18.7 Å². The van der Waals surface area contributed by atoms with Crippen molar-refractivity contribution in [3.8, 4) is 6.07 Å². The molecule has 0 aliphatic rings. The first-order chi connectivity index (χ1) is 16.4. The molecule has 0 fully saturated rings. The van der Waals surface area contributed by atoms with Crippen LogP contribution in [0.1, 0.15) is 117 Å². The number of hydrogen-bond acceptors (Lipinski definition) is 8. The van der Waals surface area contributed by atoms with Crippen molar-refractivity contribution in [2.24, 2.45) is 0 Å². The number of ether oxygens (including phenoxy) is 2. The molecule has 0 saturated carbocycles. The van der Waals surface area contributed by atoms with Gasteiger partial charge in [0.2, 0.25) is 0 Å². The quantitative estimate of drug-likeness (QED) is 0.0837. The molecule has 5 nitrogen and oxygen atoms in total. The Labute approximate surface area is 221 Å². The summed E-state index contributed by atoms with van der Waals surface area (Å²) < 4.78 is 10.3. The van der Waals surface area contributed by atoms with Gasteiger partial charge in [-0.25, -0.2) is 0 Å². The summed E-state index contributed by atoms with van der Waals surface area (Å²) in [5.41, 5.74) is 0. The lowest BCUT2D eigenvalue weighted by Crippen LogP contribution is -2.21. The average Bonchev–Trinajstić information content (AvgIpc) is 2.83. The van der Waals surface area contributed by atoms with Crippen molar-refractivity contribution < 1.29 is 19.1 Å². The molecule has 0 N–H and O–H groups in total. The van der Waals surface area contributed by atoms with Crippen molar-refractivity contribution in [2.75, 3.05) is 19.0 Å². The molecule has 34 heavy (non-hydrogen) atoms. The molecule has 0 spiro atoms. The minimum Gasteiger partial charge on any atom is -0.466 e. The van der Waals surface area contributed by atoms with E-state index in [0.717, 1.165) is 15.7 Å². The number of thioether (sulfide) groups is 2. The summed E-state index contributed by atoms with van der Waals surface area (Å²) in [5, 5.41) is 9.61. The molecule has 1 atom stereocenters. The number of esters is 2. The number of unbranched alkanes of at least 4 members (excludes halogenated alkanes) is 10. The maximum atomic E-state index is 12.0. The van der Waals surface area contributed by atoms with Gasteiger partial charge in [-0.15, -0.1) is 11.8 Å². The van der Waals surface area contributed by atoms with Gasteiger partial charge in [0.25, 0.3) is 0 Å². The van der Waals surface area contributed by atoms with Crippen LogP contribution in [0.25, 0.3) is 0 Å². The second-order valence-electron chi connectivity index (χ2n) is 8.73. The van der Waals surface area contributed by atoms with Crippen LogP contribution in [0.4, 0.5) is 0 Å². The third kappa shape index (κ3) is 20.6. The van der Waals surface area contributed by atoms with E-state index in [1.807, 2.05) is 6.92 Å². The molecule has 0 amide bonds. The zero-order chi connectivity index (χ0) is 25.5. The van der Waals surface area contributed by atoms with E-state index in [9.17, 15) is 14.9 Å². The second kappa shape index (κ2) is 22.7. The van der Waals surface area contributed by atoms with Gasteiger partial charge in [0.1, 0.15) is 8.28 Å². The van der Waals surface area contributed by atoms with Crippen LogP contribution < -0.4 is 0 Å². The summed E-state index contributed by atoms with van der Waals surface area (Å²) in [6.45, 7) is 6.48. The summed E-state index contributed by atoms with van der Waals surface area (Å²) in [6.07, 6.45) is 15.4. The Morgan fingerprint density at radius 1 is 0.853 bits per heavy atom. The van der Waals surface area contributed by atoms with Crippen LogP contribution >= 0.6 is 35.7 Å². The Balaban J connectivity index is 3.83. The van der Waals surface area contributed by atoms with Gasteiger partial charge >= 0.3 is 11.9 Å². The van der Waals surface area contributed by atoms with Crippen LogP contribution in [-0.4, -0.2) is 39.2 Å². The molecule has 0 aromatic rings. The summed E-state index contributed by atoms with van der Waals surface area (Å²) in [7, 11) is 0. The van der Waals surface area contributed by atoms with E-state index in [-0.39, 0.29) is 18.4 Å². The molecule has 8 heteroatoms. The van der Waals surface area contributed by atoms with Crippen LogP contribution in [0.15, 0.2) is 0 Å². The SMILES string of the molecule is CCCCCCCCCCCCSC(=S)SC(C)(C#N)CCC(=O)OCCCCOC(=O)CC. The maximum absolute atomic E-state index is 12.0. The Morgan fingerprint density at radius 2 is 1.38 bits per heavy atom. The first-order valence-corrected chi connectivity index (χ1v) is 15.2. The second-order valence-corrected chi connectivity index (χ2v) is 12.5. The van der Waals surface area contributed by atoms with E-state index in [1.165, 1.54) is 69.5 Å². The summed E-state index contributed by atoms with van der Waals surface area (Å²) in [5.74, 6) is 0.459. The monoisotopic (exact) mass is 531 g/mol. The van der Waals surface area contributed by atoms with Crippen LogP contribution in [0, 0.1) is 11.3 Å². The minimum atomic E-state index is -0.727. The van der Waals surface area contributed by atoms with Crippen molar-refractivity contribution in [1.29, 1.82) is 5.26 Å². The smallest absolute Gasteiger partial charge is 0.305 e. The molecule has 0 bridgehead atoms. The number of thiocarbonyl (C=S) groups is 1. The molecular weight excluding hydrogens is 486 g/mol. The highest BCUT2D eigenvalue weighted by Gasteiger charge is 2.28. The number of carbonyl (C=O) groups excluding carboxylic acids is 2. The van der Waals surface area contributed by atoms with Gasteiger partial charge in [-0.2, -0.15) is 5.26 Å². The zero-order valence-corrected chi connectivity index (χ0v) is 24.0. The van der Waals surface area contributed by atoms with E-state index in [2.05, 4.69) is 13.0 Å². The molecular formula is C26H45NO4S3. The first-order valence-electron chi connectivity index (χ1n) is 12.9. The van der Waals surface area contributed by atoms with Crippen LogP contribution in [0.5, 0.6) is 0 Å². The van der Waals surface area contributed by atoms with Crippen LogP contribution in [-0.2, 0) is 19.1 Å². The maximum Gasteiger partial charge on any atom is 0.305 e. The van der Waals surface area contributed by atoms with Crippen LogP contribution in [0.2, 0.25) is 0 Å². The van der Waals surface area contributed by atoms with Crippen LogP contribution in [0.3, 0.4) is 0 Å². The number of carbonyl (C=O) groups is 2. The van der Waals surface area contributed by atoms with Crippen molar-refractivity contribution in [2.45, 2.75) is 122 Å². The Morgan fingerprint density at radius 3 is 1.91 bits per heavy atom. The lowest BCUT2D eigenvalue weighted by Gasteiger charge is -2.20. The normalized spacial score (nSPS) is 12.5. The Bertz CT molecular complexity index is 609. The standard InChI is InChI=1S/C26H45NO4S3/c1-4-6-7-8-9-10-11-12-13-16-21-33-25(32)34-26(3,22-27)18-17-24(29)31-20-15-14-19-30-23(28)5-2/h4-21H2,1-3H3. The summed E-state index contributed by atoms with van der Waals surface area (Å²) in [4.78, 5) is 23.0.